The first-order valence-corrected chi connectivity index (χ1v) is 7.75. The Kier molecular flexibility index (Phi) is 5.03. The van der Waals surface area contributed by atoms with Gasteiger partial charge in [0.25, 0.3) is 0 Å². The van der Waals surface area contributed by atoms with Gasteiger partial charge in [-0.3, -0.25) is 0 Å². The molecule has 0 spiro atoms. The van der Waals surface area contributed by atoms with Crippen LogP contribution in [-0.2, 0) is 4.79 Å². The lowest BCUT2D eigenvalue weighted by atomic mass is 10.4. The smallest absolute Gasteiger partial charge is 0.357 e. The Labute approximate surface area is 123 Å². The molecule has 2 aromatic rings. The Morgan fingerprint density at radius 2 is 1.75 bits per heavy atom. The molecule has 2 rings (SSSR count). The van der Waals surface area contributed by atoms with Crippen molar-refractivity contribution in [2.24, 2.45) is 0 Å². The normalized spacial score (nSPS) is 10.8. The van der Waals surface area contributed by atoms with Crippen molar-refractivity contribution in [1.82, 2.24) is 4.73 Å². The minimum absolute atomic E-state index is 0.351. The Bertz CT molecular complexity index is 591. The molecule has 0 bridgehead atoms. The van der Waals surface area contributed by atoms with Crippen molar-refractivity contribution < 1.29 is 19.8 Å². The van der Waals surface area contributed by atoms with Crippen LogP contribution >= 0.6 is 21.6 Å². The van der Waals surface area contributed by atoms with Crippen molar-refractivity contribution in [3.05, 3.63) is 53.9 Å². The van der Waals surface area contributed by atoms with E-state index in [1.807, 2.05) is 30.3 Å². The summed E-state index contributed by atoms with van der Waals surface area (Å²) in [7, 11) is 2.85. The highest BCUT2D eigenvalue weighted by Gasteiger charge is 2.09. The molecule has 0 aliphatic heterocycles. The summed E-state index contributed by atoms with van der Waals surface area (Å²) in [5, 5.41) is 20.2. The van der Waals surface area contributed by atoms with Crippen LogP contribution in [0, 0.1) is 0 Å². The number of nitrogens with zero attached hydrogens (tertiary/aromatic N) is 1. The third-order valence-electron chi connectivity index (χ3n) is 2.13. The molecule has 0 saturated carbocycles. The van der Waals surface area contributed by atoms with Gasteiger partial charge in [-0.1, -0.05) is 39.8 Å². The number of aromatic hydroxyl groups is 2. The van der Waals surface area contributed by atoms with E-state index in [2.05, 4.69) is 0 Å². The summed E-state index contributed by atoms with van der Waals surface area (Å²) < 4.78 is 0.641. The quantitative estimate of drug-likeness (QED) is 0.653. The van der Waals surface area contributed by atoms with E-state index in [0.29, 0.717) is 4.73 Å². The molecule has 0 unspecified atom stereocenters. The predicted octanol–water partition coefficient (Wildman–Crippen LogP) is 2.81. The van der Waals surface area contributed by atoms with Crippen molar-refractivity contribution in [2.75, 3.05) is 0 Å². The zero-order valence-corrected chi connectivity index (χ0v) is 11.8. The molecule has 0 saturated heterocycles. The second-order valence-corrected chi connectivity index (χ2v) is 5.73. The second kappa shape index (κ2) is 6.97. The molecule has 104 valence electrons. The van der Waals surface area contributed by atoms with Crippen molar-refractivity contribution >= 4 is 27.6 Å². The maximum atomic E-state index is 11.5. The molecule has 20 heavy (non-hydrogen) atoms. The van der Waals surface area contributed by atoms with Gasteiger partial charge >= 0.3 is 5.97 Å². The molecule has 7 heteroatoms. The topological polar surface area (TPSA) is 71.7 Å². The summed E-state index contributed by atoms with van der Waals surface area (Å²) in [6, 6.07) is 12.1. The molecule has 0 atom stereocenters. The lowest BCUT2D eigenvalue weighted by molar-refractivity contribution is -0.139. The van der Waals surface area contributed by atoms with Crippen LogP contribution in [-0.4, -0.2) is 20.9 Å². The standard InChI is InChI=1S/C13H11NO4S2/c15-11-6-7-12(16)14(11)18-13(17)8-9-19-20-10-4-2-1-3-5-10/h1-9,15-16H. The van der Waals surface area contributed by atoms with Crippen molar-refractivity contribution in [2.45, 2.75) is 4.90 Å². The first-order chi connectivity index (χ1) is 9.66. The summed E-state index contributed by atoms with van der Waals surface area (Å²) in [6.07, 6.45) is 1.21. The fourth-order valence-electron chi connectivity index (χ4n) is 1.26. The van der Waals surface area contributed by atoms with Gasteiger partial charge in [0.1, 0.15) is 0 Å². The first kappa shape index (κ1) is 14.4. The average Bonchev–Trinajstić information content (AvgIpc) is 2.77. The lowest BCUT2D eigenvalue weighted by Crippen LogP contribution is -2.16. The van der Waals surface area contributed by atoms with E-state index in [4.69, 9.17) is 4.84 Å². The van der Waals surface area contributed by atoms with Crippen LogP contribution in [0.15, 0.2) is 58.8 Å². The van der Waals surface area contributed by atoms with Crippen LogP contribution in [0.4, 0.5) is 0 Å². The number of hydrogen-bond acceptors (Lipinski definition) is 6. The molecule has 1 aromatic carbocycles. The summed E-state index contributed by atoms with van der Waals surface area (Å²) in [5.74, 6) is -1.40. The summed E-state index contributed by atoms with van der Waals surface area (Å²) in [6.45, 7) is 0. The van der Waals surface area contributed by atoms with Crippen LogP contribution in [0.3, 0.4) is 0 Å². The van der Waals surface area contributed by atoms with Crippen molar-refractivity contribution in [1.29, 1.82) is 0 Å². The zero-order chi connectivity index (χ0) is 14.4. The number of carbonyl (C=O) groups is 1. The minimum atomic E-state index is -0.701. The van der Waals surface area contributed by atoms with Gasteiger partial charge in [0.2, 0.25) is 11.8 Å². The van der Waals surface area contributed by atoms with Crippen LogP contribution in [0.1, 0.15) is 0 Å². The molecular formula is C13H11NO4S2. The minimum Gasteiger partial charge on any atom is -0.492 e. The third kappa shape index (κ3) is 4.01. The van der Waals surface area contributed by atoms with E-state index < -0.39 is 5.97 Å². The fraction of sp³-hybridized carbons (Fsp3) is 0. The third-order valence-corrected chi connectivity index (χ3v) is 4.13. The monoisotopic (exact) mass is 309 g/mol. The SMILES string of the molecule is O=C(C=CSSc1ccccc1)On1c(O)ccc1O. The van der Waals surface area contributed by atoms with Gasteiger partial charge < -0.3 is 15.1 Å². The number of benzene rings is 1. The Balaban J connectivity index is 1.81. The maximum Gasteiger partial charge on any atom is 0.357 e. The Hall–Kier alpha value is -1.99. The van der Waals surface area contributed by atoms with E-state index in [1.165, 1.54) is 39.8 Å². The van der Waals surface area contributed by atoms with E-state index in [1.54, 1.807) is 5.41 Å². The largest absolute Gasteiger partial charge is 0.492 e. The highest BCUT2D eigenvalue weighted by molar-refractivity contribution is 8.77. The summed E-state index contributed by atoms with van der Waals surface area (Å²) in [5.41, 5.74) is 0. The van der Waals surface area contributed by atoms with Gasteiger partial charge in [0.05, 0.1) is 0 Å². The number of aromatic nitrogens is 1. The highest BCUT2D eigenvalue weighted by atomic mass is 33.1. The van der Waals surface area contributed by atoms with Gasteiger partial charge in [-0.15, -0.1) is 4.73 Å². The molecule has 0 aliphatic rings. The van der Waals surface area contributed by atoms with Crippen LogP contribution < -0.4 is 4.84 Å². The Morgan fingerprint density at radius 1 is 1.10 bits per heavy atom. The Morgan fingerprint density at radius 3 is 2.40 bits per heavy atom. The fourth-order valence-corrected chi connectivity index (χ4v) is 2.86. The molecule has 2 N–H and O–H groups in total. The van der Waals surface area contributed by atoms with E-state index in [-0.39, 0.29) is 11.8 Å². The highest BCUT2D eigenvalue weighted by Crippen LogP contribution is 2.31. The molecule has 0 radical (unpaired) electrons. The maximum absolute atomic E-state index is 11.5. The van der Waals surface area contributed by atoms with Gasteiger partial charge in [0, 0.05) is 23.1 Å². The zero-order valence-electron chi connectivity index (χ0n) is 10.2. The van der Waals surface area contributed by atoms with Crippen LogP contribution in [0.5, 0.6) is 11.8 Å². The van der Waals surface area contributed by atoms with Crippen molar-refractivity contribution in [3.8, 4) is 11.8 Å². The number of hydrogen-bond donors (Lipinski definition) is 2. The molecule has 1 aromatic heterocycles. The van der Waals surface area contributed by atoms with E-state index >= 15 is 0 Å². The molecule has 0 aliphatic carbocycles. The number of carbonyl (C=O) groups excluding carboxylic acids is 1. The van der Waals surface area contributed by atoms with E-state index in [0.717, 1.165) is 4.90 Å². The second-order valence-electron chi connectivity index (χ2n) is 3.55. The van der Waals surface area contributed by atoms with Gasteiger partial charge in [-0.25, -0.2) is 4.79 Å². The van der Waals surface area contributed by atoms with Crippen LogP contribution in [0.2, 0.25) is 0 Å². The van der Waals surface area contributed by atoms with Gasteiger partial charge in [0.15, 0.2) is 0 Å². The average molecular weight is 309 g/mol. The predicted molar refractivity (Wildman–Crippen MR) is 78.4 cm³/mol. The molecule has 1 heterocycles. The summed E-state index contributed by atoms with van der Waals surface area (Å²) >= 11 is 0. The molecular weight excluding hydrogens is 298 g/mol. The van der Waals surface area contributed by atoms with Crippen LogP contribution in [0.25, 0.3) is 0 Å². The first-order valence-electron chi connectivity index (χ1n) is 5.54. The molecule has 0 fully saturated rings. The molecule has 0 amide bonds. The van der Waals surface area contributed by atoms with E-state index in [9.17, 15) is 15.0 Å². The lowest BCUT2D eigenvalue weighted by Gasteiger charge is -2.03. The van der Waals surface area contributed by atoms with Gasteiger partial charge in [-0.05, 0) is 17.5 Å². The summed E-state index contributed by atoms with van der Waals surface area (Å²) in [4.78, 5) is 17.3. The van der Waals surface area contributed by atoms with Crippen molar-refractivity contribution in [3.63, 3.8) is 0 Å². The number of rotatable bonds is 5. The van der Waals surface area contributed by atoms with Gasteiger partial charge in [-0.2, -0.15) is 0 Å². The molecule has 5 nitrogen and oxygen atoms in total.